The van der Waals surface area contributed by atoms with E-state index in [4.69, 9.17) is 18.9 Å². The third-order valence-electron chi connectivity index (χ3n) is 2.98. The van der Waals surface area contributed by atoms with Crippen LogP contribution in [0.4, 0.5) is 0 Å². The van der Waals surface area contributed by atoms with E-state index in [1.54, 1.807) is 14.2 Å². The van der Waals surface area contributed by atoms with E-state index in [-0.39, 0.29) is 24.8 Å². The van der Waals surface area contributed by atoms with Gasteiger partial charge >= 0.3 is 0 Å². The maximum Gasteiger partial charge on any atom is 0.189 e. The van der Waals surface area contributed by atoms with Gasteiger partial charge in [0.2, 0.25) is 0 Å². The van der Waals surface area contributed by atoms with Crippen molar-refractivity contribution in [1.82, 2.24) is 0 Å². The summed E-state index contributed by atoms with van der Waals surface area (Å²) in [4.78, 5) is 0. The summed E-state index contributed by atoms with van der Waals surface area (Å²) in [6.07, 6.45) is -1.42. The molecule has 1 N–H and O–H groups in total. The van der Waals surface area contributed by atoms with Gasteiger partial charge < -0.3 is 24.1 Å². The summed E-state index contributed by atoms with van der Waals surface area (Å²) in [6.45, 7) is 0.271. The summed E-state index contributed by atoms with van der Waals surface area (Å²) in [6, 6.07) is -0.0708. The molecular formula is C8H15BO5. The highest BCUT2D eigenvalue weighted by Crippen LogP contribution is 2.44. The quantitative estimate of drug-likeness (QED) is 0.541. The van der Waals surface area contributed by atoms with E-state index in [9.17, 15) is 5.11 Å². The van der Waals surface area contributed by atoms with Crippen molar-refractivity contribution < 1.29 is 24.1 Å². The minimum absolute atomic E-state index is 0.0708. The average molecular weight is 202 g/mol. The third-order valence-corrected chi connectivity index (χ3v) is 2.98. The van der Waals surface area contributed by atoms with Crippen LogP contribution in [-0.4, -0.2) is 63.9 Å². The first-order valence-electron chi connectivity index (χ1n) is 4.69. The van der Waals surface area contributed by atoms with E-state index in [0.29, 0.717) is 0 Å². The molecule has 0 saturated carbocycles. The molecule has 0 aromatic carbocycles. The zero-order valence-corrected chi connectivity index (χ0v) is 8.60. The molecule has 14 heavy (non-hydrogen) atoms. The molecule has 2 fully saturated rings. The van der Waals surface area contributed by atoms with Crippen molar-refractivity contribution in [2.45, 2.75) is 30.1 Å². The Kier molecular flexibility index (Phi) is 2.57. The molecule has 0 aromatic rings. The van der Waals surface area contributed by atoms with Gasteiger partial charge in [-0.1, -0.05) is 0 Å². The fourth-order valence-electron chi connectivity index (χ4n) is 2.40. The van der Waals surface area contributed by atoms with Crippen molar-refractivity contribution >= 4 is 7.85 Å². The number of fused-ring (bicyclic) bond motifs is 2. The monoisotopic (exact) mass is 202 g/mol. The third kappa shape index (κ3) is 1.15. The van der Waals surface area contributed by atoms with Crippen LogP contribution in [0.1, 0.15) is 0 Å². The SMILES string of the molecule is B[C@@H]1O[C@]2(COC)C(O)O[C@H]1C2OC. The van der Waals surface area contributed by atoms with Crippen LogP contribution in [0.25, 0.3) is 0 Å². The molecule has 0 aliphatic carbocycles. The molecule has 5 atom stereocenters. The number of rotatable bonds is 3. The Labute approximate surface area is 83.7 Å². The molecule has 0 spiro atoms. The molecule has 2 aliphatic rings. The molecule has 2 bridgehead atoms. The Hall–Kier alpha value is -0.135. The first kappa shape index (κ1) is 10.4. The Morgan fingerprint density at radius 3 is 2.79 bits per heavy atom. The van der Waals surface area contributed by atoms with Crippen molar-refractivity contribution in [3.05, 3.63) is 0 Å². The zero-order chi connectivity index (χ0) is 10.3. The van der Waals surface area contributed by atoms with Crippen LogP contribution in [0.5, 0.6) is 0 Å². The highest BCUT2D eigenvalue weighted by Gasteiger charge is 2.65. The Morgan fingerprint density at radius 2 is 2.21 bits per heavy atom. The van der Waals surface area contributed by atoms with Crippen LogP contribution in [-0.2, 0) is 18.9 Å². The lowest BCUT2D eigenvalue weighted by molar-refractivity contribution is -0.255. The maximum atomic E-state index is 9.71. The maximum absolute atomic E-state index is 9.71. The first-order chi connectivity index (χ1) is 6.65. The Morgan fingerprint density at radius 1 is 1.50 bits per heavy atom. The minimum Gasteiger partial charge on any atom is -0.381 e. The van der Waals surface area contributed by atoms with Crippen LogP contribution in [0.2, 0.25) is 0 Å². The first-order valence-corrected chi connectivity index (χ1v) is 4.69. The number of aliphatic hydroxyl groups is 1. The summed E-state index contributed by atoms with van der Waals surface area (Å²) in [7, 11) is 5.05. The van der Waals surface area contributed by atoms with Crippen LogP contribution in [0, 0.1) is 0 Å². The fraction of sp³-hybridized carbons (Fsp3) is 1.00. The van der Waals surface area contributed by atoms with Gasteiger partial charge in [-0.3, -0.25) is 0 Å². The summed E-state index contributed by atoms with van der Waals surface area (Å²) < 4.78 is 21.4. The van der Waals surface area contributed by atoms with Gasteiger partial charge in [0.25, 0.3) is 0 Å². The standard InChI is InChI=1S/C8H15BO5/c1-11-3-8-5(12-2)4(6(9)14-8)13-7(8)10/h4-7,10H,3,9H2,1-2H3/t4-,5?,6+,7?,8-/m0/s1. The molecule has 2 aliphatic heterocycles. The summed E-state index contributed by atoms with van der Waals surface area (Å²) in [5.74, 6) is 0. The molecular weight excluding hydrogens is 187 g/mol. The van der Waals surface area contributed by atoms with Crippen molar-refractivity contribution in [1.29, 1.82) is 0 Å². The second-order valence-corrected chi connectivity index (χ2v) is 3.82. The molecule has 0 amide bonds. The average Bonchev–Trinajstić information content (AvgIpc) is 2.54. The van der Waals surface area contributed by atoms with Gasteiger partial charge in [0.05, 0.1) is 12.6 Å². The van der Waals surface area contributed by atoms with E-state index >= 15 is 0 Å². The molecule has 0 aromatic heterocycles. The van der Waals surface area contributed by atoms with Gasteiger partial charge in [-0.05, 0) is 0 Å². The number of hydrogen-bond acceptors (Lipinski definition) is 5. The lowest BCUT2D eigenvalue weighted by Gasteiger charge is -2.33. The summed E-state index contributed by atoms with van der Waals surface area (Å²) in [5.41, 5.74) is -0.854. The Bertz CT molecular complexity index is 226. The predicted octanol–water partition coefficient (Wildman–Crippen LogP) is -1.91. The molecule has 2 heterocycles. The molecule has 5 nitrogen and oxygen atoms in total. The second-order valence-electron chi connectivity index (χ2n) is 3.82. The molecule has 6 heteroatoms. The van der Waals surface area contributed by atoms with Crippen molar-refractivity contribution in [2.24, 2.45) is 0 Å². The molecule has 2 unspecified atom stereocenters. The fourth-order valence-corrected chi connectivity index (χ4v) is 2.40. The second kappa shape index (κ2) is 3.46. The van der Waals surface area contributed by atoms with Gasteiger partial charge in [0, 0.05) is 14.2 Å². The van der Waals surface area contributed by atoms with Gasteiger partial charge in [0.15, 0.2) is 11.9 Å². The molecule has 80 valence electrons. The van der Waals surface area contributed by atoms with Crippen LogP contribution >= 0.6 is 0 Å². The van der Waals surface area contributed by atoms with E-state index in [0.717, 1.165) is 0 Å². The van der Waals surface area contributed by atoms with Crippen LogP contribution in [0.3, 0.4) is 0 Å². The predicted molar refractivity (Wildman–Crippen MR) is 49.7 cm³/mol. The van der Waals surface area contributed by atoms with Gasteiger partial charge in [-0.2, -0.15) is 0 Å². The normalized spacial score (nSPS) is 51.4. The van der Waals surface area contributed by atoms with Gasteiger partial charge in [-0.15, -0.1) is 0 Å². The van der Waals surface area contributed by atoms with Crippen molar-refractivity contribution in [2.75, 3.05) is 20.8 Å². The van der Waals surface area contributed by atoms with E-state index in [1.807, 2.05) is 7.85 Å². The molecule has 2 rings (SSSR count). The van der Waals surface area contributed by atoms with Crippen molar-refractivity contribution in [3.8, 4) is 0 Å². The molecule has 2 saturated heterocycles. The minimum atomic E-state index is -0.964. The van der Waals surface area contributed by atoms with Crippen LogP contribution in [0.15, 0.2) is 0 Å². The number of methoxy groups -OCH3 is 2. The number of aliphatic hydroxyl groups excluding tert-OH is 1. The van der Waals surface area contributed by atoms with Crippen LogP contribution < -0.4 is 0 Å². The Balaban J connectivity index is 2.25. The zero-order valence-electron chi connectivity index (χ0n) is 8.60. The largest absolute Gasteiger partial charge is 0.381 e. The van der Waals surface area contributed by atoms with E-state index < -0.39 is 11.9 Å². The smallest absolute Gasteiger partial charge is 0.189 e. The lowest BCUT2D eigenvalue weighted by Crippen LogP contribution is -2.52. The van der Waals surface area contributed by atoms with Gasteiger partial charge in [-0.25, -0.2) is 0 Å². The highest BCUT2D eigenvalue weighted by atomic mass is 16.7. The highest BCUT2D eigenvalue weighted by molar-refractivity contribution is 6.11. The van der Waals surface area contributed by atoms with Crippen molar-refractivity contribution in [3.63, 3.8) is 0 Å². The summed E-state index contributed by atoms with van der Waals surface area (Å²) in [5, 5.41) is 9.71. The lowest BCUT2D eigenvalue weighted by atomic mass is 9.91. The number of hydrogen-bond donors (Lipinski definition) is 1. The molecule has 0 radical (unpaired) electrons. The van der Waals surface area contributed by atoms with Gasteiger partial charge in [0.1, 0.15) is 20.1 Å². The van der Waals surface area contributed by atoms with E-state index in [2.05, 4.69) is 0 Å². The van der Waals surface area contributed by atoms with E-state index in [1.165, 1.54) is 0 Å². The summed E-state index contributed by atoms with van der Waals surface area (Å²) >= 11 is 0. The topological polar surface area (TPSA) is 57.2 Å². The number of ether oxygens (including phenoxy) is 4.